The van der Waals surface area contributed by atoms with Crippen LogP contribution in [0.3, 0.4) is 0 Å². The molecule has 5 nitrogen and oxygen atoms in total. The summed E-state index contributed by atoms with van der Waals surface area (Å²) >= 11 is 0. The van der Waals surface area contributed by atoms with E-state index in [2.05, 4.69) is 28.3 Å². The van der Waals surface area contributed by atoms with Crippen LogP contribution in [0.5, 0.6) is 0 Å². The number of imidazole rings is 1. The van der Waals surface area contributed by atoms with E-state index >= 15 is 0 Å². The summed E-state index contributed by atoms with van der Waals surface area (Å²) < 4.78 is 47.7. The maximum absolute atomic E-state index is 13.3. The van der Waals surface area contributed by atoms with Crippen LogP contribution in [0.15, 0.2) is 18.5 Å². The number of hydrogen-bond acceptors (Lipinski definition) is 4. The maximum Gasteiger partial charge on any atom is 0.418 e. The normalized spacial score (nSPS) is 23.4. The Balaban J connectivity index is 1.56. The highest BCUT2D eigenvalue weighted by Gasteiger charge is 2.37. The summed E-state index contributed by atoms with van der Waals surface area (Å²) in [5, 5.41) is 0. The molecule has 164 valence electrons. The minimum absolute atomic E-state index is 0.0157. The van der Waals surface area contributed by atoms with Gasteiger partial charge in [0.25, 0.3) is 0 Å². The molecule has 0 atom stereocenters. The molecule has 0 spiro atoms. The van der Waals surface area contributed by atoms with Crippen molar-refractivity contribution in [2.75, 3.05) is 26.3 Å². The molecule has 3 heterocycles. The zero-order valence-corrected chi connectivity index (χ0v) is 17.7. The lowest BCUT2D eigenvalue weighted by atomic mass is 9.84. The highest BCUT2D eigenvalue weighted by Crippen LogP contribution is 2.40. The number of nitrogens with zero attached hydrogens (tertiary/aromatic N) is 4. The van der Waals surface area contributed by atoms with Gasteiger partial charge in [-0.1, -0.05) is 13.8 Å². The third-order valence-electron chi connectivity index (χ3n) is 6.22. The summed E-state index contributed by atoms with van der Waals surface area (Å²) in [5.74, 6) is 1.10. The van der Waals surface area contributed by atoms with E-state index in [1.807, 2.05) is 6.20 Å². The van der Waals surface area contributed by atoms with Crippen LogP contribution in [0.1, 0.15) is 62.2 Å². The summed E-state index contributed by atoms with van der Waals surface area (Å²) in [4.78, 5) is 11.2. The summed E-state index contributed by atoms with van der Waals surface area (Å²) in [6.07, 6.45) is 2.12. The highest BCUT2D eigenvalue weighted by atomic mass is 19.4. The third-order valence-corrected chi connectivity index (χ3v) is 6.22. The van der Waals surface area contributed by atoms with E-state index in [9.17, 15) is 13.2 Å². The van der Waals surface area contributed by atoms with Gasteiger partial charge in [-0.15, -0.1) is 0 Å². The van der Waals surface area contributed by atoms with Crippen molar-refractivity contribution in [1.29, 1.82) is 0 Å². The van der Waals surface area contributed by atoms with Gasteiger partial charge in [-0.3, -0.25) is 9.88 Å². The molecule has 0 unspecified atom stereocenters. The molecule has 0 amide bonds. The largest absolute Gasteiger partial charge is 0.418 e. The lowest BCUT2D eigenvalue weighted by Gasteiger charge is -2.43. The number of hydrogen-bond donors (Lipinski definition) is 0. The molecule has 2 fully saturated rings. The van der Waals surface area contributed by atoms with Gasteiger partial charge in [0.2, 0.25) is 0 Å². The van der Waals surface area contributed by atoms with E-state index in [-0.39, 0.29) is 11.6 Å². The average Bonchev–Trinajstić information content (AvgIpc) is 2.89. The molecule has 0 N–H and O–H groups in total. The Labute approximate surface area is 175 Å². The molecule has 2 aliphatic rings. The van der Waals surface area contributed by atoms with E-state index in [1.165, 1.54) is 19.2 Å². The standard InChI is InChI=1S/C22H29F3N4O/c1-14(2)21-27-20(16-9-19(22(23,24)25)15(3)26-12-16)13-29(21)18-10-17(11-18)28-5-4-7-30-8-6-28/h9,12-14,17-18H,4-8,10-11H2,1-3H3/t17-,18+. The molecule has 1 saturated carbocycles. The van der Waals surface area contributed by atoms with Crippen LogP contribution in [0.25, 0.3) is 11.3 Å². The molecular weight excluding hydrogens is 393 g/mol. The second-order valence-electron chi connectivity index (χ2n) is 8.68. The minimum atomic E-state index is -4.42. The van der Waals surface area contributed by atoms with Crippen molar-refractivity contribution in [3.63, 3.8) is 0 Å². The molecule has 0 bridgehead atoms. The average molecular weight is 422 g/mol. The number of aromatic nitrogens is 3. The zero-order valence-electron chi connectivity index (χ0n) is 17.7. The van der Waals surface area contributed by atoms with E-state index < -0.39 is 11.7 Å². The van der Waals surface area contributed by atoms with Crippen LogP contribution >= 0.6 is 0 Å². The SMILES string of the molecule is Cc1ncc(-c2cn([C@H]3C[C@@H](N4CCCOCC4)C3)c(C(C)C)n2)cc1C(F)(F)F. The van der Waals surface area contributed by atoms with Crippen molar-refractivity contribution in [2.45, 2.75) is 64.2 Å². The molecular formula is C22H29F3N4O. The fourth-order valence-electron chi connectivity index (χ4n) is 4.44. The Morgan fingerprint density at radius 3 is 2.60 bits per heavy atom. The second kappa shape index (κ2) is 8.30. The molecule has 30 heavy (non-hydrogen) atoms. The van der Waals surface area contributed by atoms with Crippen LogP contribution in [-0.2, 0) is 10.9 Å². The van der Waals surface area contributed by atoms with Gasteiger partial charge >= 0.3 is 6.18 Å². The topological polar surface area (TPSA) is 43.2 Å². The van der Waals surface area contributed by atoms with Gasteiger partial charge < -0.3 is 9.30 Å². The van der Waals surface area contributed by atoms with Gasteiger partial charge in [-0.2, -0.15) is 13.2 Å². The molecule has 0 aromatic carbocycles. The smallest absolute Gasteiger partial charge is 0.380 e. The quantitative estimate of drug-likeness (QED) is 0.709. The van der Waals surface area contributed by atoms with Crippen molar-refractivity contribution in [3.05, 3.63) is 35.5 Å². The van der Waals surface area contributed by atoms with E-state index in [4.69, 9.17) is 9.72 Å². The molecule has 2 aromatic rings. The molecule has 4 rings (SSSR count). The Morgan fingerprint density at radius 1 is 1.13 bits per heavy atom. The van der Waals surface area contributed by atoms with Gasteiger partial charge in [-0.05, 0) is 32.3 Å². The van der Waals surface area contributed by atoms with Crippen LogP contribution in [0, 0.1) is 6.92 Å². The van der Waals surface area contributed by atoms with Gasteiger partial charge in [0.1, 0.15) is 5.82 Å². The van der Waals surface area contributed by atoms with Crippen LogP contribution in [0.4, 0.5) is 13.2 Å². The van der Waals surface area contributed by atoms with Crippen molar-refractivity contribution < 1.29 is 17.9 Å². The summed E-state index contributed by atoms with van der Waals surface area (Å²) in [5.41, 5.74) is 0.253. The predicted octanol–water partition coefficient (Wildman–Crippen LogP) is 4.82. The number of alkyl halides is 3. The Bertz CT molecular complexity index is 879. The summed E-state index contributed by atoms with van der Waals surface area (Å²) in [6.45, 7) is 9.18. The van der Waals surface area contributed by atoms with Crippen molar-refractivity contribution in [3.8, 4) is 11.3 Å². The molecule has 8 heteroatoms. The lowest BCUT2D eigenvalue weighted by molar-refractivity contribution is -0.138. The predicted molar refractivity (Wildman–Crippen MR) is 108 cm³/mol. The Kier molecular flexibility index (Phi) is 5.90. The molecule has 1 saturated heterocycles. The number of ether oxygens (including phenoxy) is 1. The summed E-state index contributed by atoms with van der Waals surface area (Å²) in [7, 11) is 0. The van der Waals surface area contributed by atoms with Gasteiger partial charge in [0.05, 0.1) is 17.9 Å². The van der Waals surface area contributed by atoms with Crippen molar-refractivity contribution in [2.24, 2.45) is 0 Å². The maximum atomic E-state index is 13.3. The molecule has 1 aliphatic heterocycles. The highest BCUT2D eigenvalue weighted by molar-refractivity contribution is 5.59. The first-order valence-corrected chi connectivity index (χ1v) is 10.7. The summed E-state index contributed by atoms with van der Waals surface area (Å²) in [6, 6.07) is 2.04. The zero-order chi connectivity index (χ0) is 21.5. The van der Waals surface area contributed by atoms with Gasteiger partial charge in [0.15, 0.2) is 0 Å². The number of aryl methyl sites for hydroxylation is 1. The monoisotopic (exact) mass is 422 g/mol. The fraction of sp³-hybridized carbons (Fsp3) is 0.636. The first-order chi connectivity index (χ1) is 14.2. The molecule has 1 aliphatic carbocycles. The third kappa shape index (κ3) is 4.25. The first-order valence-electron chi connectivity index (χ1n) is 10.7. The van der Waals surface area contributed by atoms with Gasteiger partial charge in [-0.25, -0.2) is 4.98 Å². The lowest BCUT2D eigenvalue weighted by Crippen LogP contribution is -2.46. The number of pyridine rings is 1. The number of halogens is 3. The van der Waals surface area contributed by atoms with Crippen LogP contribution in [0.2, 0.25) is 0 Å². The van der Waals surface area contributed by atoms with E-state index in [1.54, 1.807) is 0 Å². The minimum Gasteiger partial charge on any atom is -0.380 e. The Hall–Kier alpha value is -1.93. The fourth-order valence-corrected chi connectivity index (χ4v) is 4.44. The first kappa shape index (κ1) is 21.3. The molecule has 0 radical (unpaired) electrons. The van der Waals surface area contributed by atoms with Crippen molar-refractivity contribution in [1.82, 2.24) is 19.4 Å². The van der Waals surface area contributed by atoms with Crippen molar-refractivity contribution >= 4 is 0 Å². The van der Waals surface area contributed by atoms with E-state index in [0.29, 0.717) is 23.3 Å². The van der Waals surface area contributed by atoms with E-state index in [0.717, 1.165) is 51.4 Å². The van der Waals surface area contributed by atoms with Crippen LogP contribution in [-0.4, -0.2) is 51.8 Å². The number of rotatable bonds is 4. The van der Waals surface area contributed by atoms with Gasteiger partial charge in [0, 0.05) is 61.3 Å². The molecule has 2 aromatic heterocycles. The van der Waals surface area contributed by atoms with Crippen LogP contribution < -0.4 is 0 Å². The second-order valence-corrected chi connectivity index (χ2v) is 8.68. The Morgan fingerprint density at radius 2 is 1.90 bits per heavy atom.